The van der Waals surface area contributed by atoms with Gasteiger partial charge in [0.15, 0.2) is 0 Å². The normalized spacial score (nSPS) is 11.5. The van der Waals surface area contributed by atoms with Crippen LogP contribution in [-0.4, -0.2) is 18.1 Å². The summed E-state index contributed by atoms with van der Waals surface area (Å²) in [6.07, 6.45) is 9.69. The zero-order chi connectivity index (χ0) is 16.6. The number of rotatable bonds is 7. The van der Waals surface area contributed by atoms with Crippen LogP contribution in [0.1, 0.15) is 32.3 Å². The first-order valence-electron chi connectivity index (χ1n) is 6.97. The Labute approximate surface area is 129 Å². The number of nitrogens with one attached hydrogen (secondary N) is 1. The third-order valence-electron chi connectivity index (χ3n) is 3.38. The predicted octanol–water partition coefficient (Wildman–Crippen LogP) is 3.61. The van der Waals surface area contributed by atoms with E-state index in [2.05, 4.69) is 16.0 Å². The summed E-state index contributed by atoms with van der Waals surface area (Å²) in [7, 11) is 0. The number of alkyl halides is 2. The predicted molar refractivity (Wildman–Crippen MR) is 82.4 cm³/mol. The van der Waals surface area contributed by atoms with E-state index in [1.54, 1.807) is 18.2 Å². The molecule has 118 valence electrons. The van der Waals surface area contributed by atoms with E-state index in [-0.39, 0.29) is 11.7 Å². The Hall–Kier alpha value is -2.35. The fourth-order valence-corrected chi connectivity index (χ4v) is 1.88. The maximum absolute atomic E-state index is 12.0. The van der Waals surface area contributed by atoms with Crippen molar-refractivity contribution in [2.75, 3.05) is 0 Å². The lowest BCUT2D eigenvalue weighted by molar-refractivity contribution is -0.117. The van der Waals surface area contributed by atoms with Gasteiger partial charge in [0, 0.05) is 6.08 Å². The minimum atomic E-state index is -2.85. The summed E-state index contributed by atoms with van der Waals surface area (Å²) in [5, 5.41) is 2.80. The minimum Gasteiger partial charge on any atom is -0.435 e. The van der Waals surface area contributed by atoms with Crippen LogP contribution in [0.15, 0.2) is 30.3 Å². The number of hydrogen-bond donors (Lipinski definition) is 1. The summed E-state index contributed by atoms with van der Waals surface area (Å²) in [4.78, 5) is 11.9. The fraction of sp³-hybridized carbons (Fsp3) is 0.353. The third-order valence-corrected chi connectivity index (χ3v) is 3.38. The monoisotopic (exact) mass is 307 g/mol. The quantitative estimate of drug-likeness (QED) is 0.617. The number of amides is 1. The van der Waals surface area contributed by atoms with E-state index in [1.165, 1.54) is 18.2 Å². The van der Waals surface area contributed by atoms with Crippen molar-refractivity contribution in [2.24, 2.45) is 0 Å². The first kappa shape index (κ1) is 17.7. The van der Waals surface area contributed by atoms with Crippen LogP contribution in [0, 0.1) is 12.3 Å². The van der Waals surface area contributed by atoms with Crippen molar-refractivity contribution in [2.45, 2.75) is 38.8 Å². The number of halogens is 2. The average Bonchev–Trinajstić information content (AvgIpc) is 2.51. The lowest BCUT2D eigenvalue weighted by Gasteiger charge is -2.26. The summed E-state index contributed by atoms with van der Waals surface area (Å²) in [5.74, 6) is 2.39. The highest BCUT2D eigenvalue weighted by molar-refractivity contribution is 5.92. The number of hydrogen-bond acceptors (Lipinski definition) is 2. The van der Waals surface area contributed by atoms with Gasteiger partial charge in [-0.25, -0.2) is 0 Å². The number of ether oxygens (including phenoxy) is 1. The maximum atomic E-state index is 12.0. The standard InChI is InChI=1S/C17H19F2NO2/c1-4-17(5-2,6-3)20-15(21)12-9-13-7-10-14(11-8-13)22-16(18)19/h1,7-12,16H,5-6H2,2-3H3,(H,20,21)/b12-9+. The van der Waals surface area contributed by atoms with Gasteiger partial charge < -0.3 is 10.1 Å². The van der Waals surface area contributed by atoms with E-state index in [4.69, 9.17) is 6.42 Å². The lowest BCUT2D eigenvalue weighted by atomic mass is 9.94. The van der Waals surface area contributed by atoms with Gasteiger partial charge in [0.2, 0.25) is 5.91 Å². The van der Waals surface area contributed by atoms with Gasteiger partial charge >= 0.3 is 6.61 Å². The average molecular weight is 307 g/mol. The number of carbonyl (C=O) groups is 1. The highest BCUT2D eigenvalue weighted by atomic mass is 19.3. The van der Waals surface area contributed by atoms with Crippen LogP contribution in [0.5, 0.6) is 5.75 Å². The van der Waals surface area contributed by atoms with Gasteiger partial charge in [-0.1, -0.05) is 31.9 Å². The minimum absolute atomic E-state index is 0.0694. The highest BCUT2D eigenvalue weighted by Crippen LogP contribution is 2.16. The molecule has 0 spiro atoms. The molecule has 1 amide bonds. The van der Waals surface area contributed by atoms with Crippen molar-refractivity contribution in [1.29, 1.82) is 0 Å². The second-order valence-electron chi connectivity index (χ2n) is 4.70. The lowest BCUT2D eigenvalue weighted by Crippen LogP contribution is -2.45. The zero-order valence-electron chi connectivity index (χ0n) is 12.6. The summed E-state index contributed by atoms with van der Waals surface area (Å²) < 4.78 is 28.3. The number of benzene rings is 1. The van der Waals surface area contributed by atoms with Crippen LogP contribution >= 0.6 is 0 Å². The largest absolute Gasteiger partial charge is 0.435 e. The highest BCUT2D eigenvalue weighted by Gasteiger charge is 2.24. The van der Waals surface area contributed by atoms with Crippen molar-refractivity contribution in [1.82, 2.24) is 5.32 Å². The van der Waals surface area contributed by atoms with E-state index in [0.717, 1.165) is 0 Å². The van der Waals surface area contributed by atoms with Crippen LogP contribution < -0.4 is 10.1 Å². The zero-order valence-corrected chi connectivity index (χ0v) is 12.6. The number of carbonyl (C=O) groups excluding carboxylic acids is 1. The van der Waals surface area contributed by atoms with Gasteiger partial charge in [-0.2, -0.15) is 8.78 Å². The molecule has 0 fully saturated rings. The molecule has 0 aliphatic carbocycles. The molecule has 0 unspecified atom stereocenters. The second kappa shape index (κ2) is 8.18. The molecule has 5 heteroatoms. The van der Waals surface area contributed by atoms with Crippen LogP contribution in [0.4, 0.5) is 8.78 Å². The molecule has 1 rings (SSSR count). The molecule has 1 N–H and O–H groups in total. The van der Waals surface area contributed by atoms with Crippen LogP contribution in [0.2, 0.25) is 0 Å². The SMILES string of the molecule is C#CC(CC)(CC)NC(=O)/C=C/c1ccc(OC(F)F)cc1. The van der Waals surface area contributed by atoms with E-state index >= 15 is 0 Å². The van der Waals surface area contributed by atoms with Crippen LogP contribution in [0.25, 0.3) is 6.08 Å². The molecule has 0 aromatic heterocycles. The molecule has 1 aromatic rings. The Morgan fingerprint density at radius 1 is 1.36 bits per heavy atom. The molecule has 0 bridgehead atoms. The molecule has 3 nitrogen and oxygen atoms in total. The molecule has 0 aliphatic rings. The van der Waals surface area contributed by atoms with Gasteiger partial charge in [0.05, 0.1) is 0 Å². The molecule has 0 heterocycles. The molecule has 0 aliphatic heterocycles. The van der Waals surface area contributed by atoms with Gasteiger partial charge in [-0.3, -0.25) is 4.79 Å². The van der Waals surface area contributed by atoms with Crippen LogP contribution in [0.3, 0.4) is 0 Å². The Kier molecular flexibility index (Phi) is 6.58. The summed E-state index contributed by atoms with van der Waals surface area (Å²) in [6, 6.07) is 5.98. The summed E-state index contributed by atoms with van der Waals surface area (Å²) in [5.41, 5.74) is 0.0483. The number of terminal acetylenes is 1. The van der Waals surface area contributed by atoms with Crippen molar-refractivity contribution < 1.29 is 18.3 Å². The van der Waals surface area contributed by atoms with E-state index in [0.29, 0.717) is 18.4 Å². The molecule has 0 saturated heterocycles. The van der Waals surface area contributed by atoms with Gasteiger partial charge in [0.25, 0.3) is 0 Å². The van der Waals surface area contributed by atoms with Gasteiger partial charge in [-0.05, 0) is 36.6 Å². The van der Waals surface area contributed by atoms with Gasteiger partial charge in [-0.15, -0.1) is 6.42 Å². The Balaban J connectivity index is 2.68. The maximum Gasteiger partial charge on any atom is 0.387 e. The van der Waals surface area contributed by atoms with E-state index in [1.807, 2.05) is 13.8 Å². The summed E-state index contributed by atoms with van der Waals surface area (Å²) in [6.45, 7) is 0.969. The molecule has 0 atom stereocenters. The van der Waals surface area contributed by atoms with E-state index < -0.39 is 12.2 Å². The first-order chi connectivity index (χ1) is 10.4. The van der Waals surface area contributed by atoms with Crippen LogP contribution in [-0.2, 0) is 4.79 Å². The van der Waals surface area contributed by atoms with Crippen molar-refractivity contribution >= 4 is 12.0 Å². The molecule has 0 saturated carbocycles. The Morgan fingerprint density at radius 3 is 2.41 bits per heavy atom. The molecule has 1 aromatic carbocycles. The third kappa shape index (κ3) is 5.21. The second-order valence-corrected chi connectivity index (χ2v) is 4.70. The molecule has 22 heavy (non-hydrogen) atoms. The summed E-state index contributed by atoms with van der Waals surface area (Å²) >= 11 is 0. The van der Waals surface area contributed by atoms with Crippen molar-refractivity contribution in [3.05, 3.63) is 35.9 Å². The molecular formula is C17H19F2NO2. The smallest absolute Gasteiger partial charge is 0.387 e. The topological polar surface area (TPSA) is 38.3 Å². The molecular weight excluding hydrogens is 288 g/mol. The molecule has 0 radical (unpaired) electrons. The Bertz CT molecular complexity index is 555. The van der Waals surface area contributed by atoms with Crippen molar-refractivity contribution in [3.8, 4) is 18.1 Å². The fourth-order valence-electron chi connectivity index (χ4n) is 1.88. The van der Waals surface area contributed by atoms with Gasteiger partial charge in [0.1, 0.15) is 11.3 Å². The van der Waals surface area contributed by atoms with Crippen molar-refractivity contribution in [3.63, 3.8) is 0 Å². The van der Waals surface area contributed by atoms with E-state index in [9.17, 15) is 13.6 Å². The Morgan fingerprint density at radius 2 is 1.95 bits per heavy atom. The first-order valence-corrected chi connectivity index (χ1v) is 6.97.